The van der Waals surface area contributed by atoms with Crippen molar-refractivity contribution in [2.45, 2.75) is 58.3 Å². The Morgan fingerprint density at radius 1 is 1.14 bits per heavy atom. The standard InChI is InChI=1S/C22H29NO4S2/c1-2-3-4-5-6-7-15-27-18-12-10-17(11-13-18)16-19-21(26)23(22(28)29-19)14-8-9-20(24)25/h10-13,16H,2-9,14-15H2,1H3,(H,24,25)/b19-16+. The zero-order valence-corrected chi connectivity index (χ0v) is 18.5. The first-order valence-corrected chi connectivity index (χ1v) is 11.4. The van der Waals surface area contributed by atoms with Crippen LogP contribution in [0.3, 0.4) is 0 Å². The summed E-state index contributed by atoms with van der Waals surface area (Å²) in [6, 6.07) is 7.67. The number of aliphatic carboxylic acids is 1. The molecule has 0 atom stereocenters. The molecule has 158 valence electrons. The number of unbranched alkanes of at least 4 members (excludes halogenated alkanes) is 5. The molecular weight excluding hydrogens is 406 g/mol. The van der Waals surface area contributed by atoms with Crippen LogP contribution in [0, 0.1) is 0 Å². The van der Waals surface area contributed by atoms with Gasteiger partial charge in [0, 0.05) is 13.0 Å². The fourth-order valence-electron chi connectivity index (χ4n) is 2.97. The van der Waals surface area contributed by atoms with Crippen molar-refractivity contribution < 1.29 is 19.4 Å². The Kier molecular flexibility index (Phi) is 10.2. The average Bonchev–Trinajstić information content (AvgIpc) is 2.95. The van der Waals surface area contributed by atoms with Gasteiger partial charge in [0.25, 0.3) is 5.91 Å². The van der Waals surface area contributed by atoms with Crippen LogP contribution in [0.5, 0.6) is 5.75 Å². The number of thioether (sulfide) groups is 1. The molecule has 7 heteroatoms. The van der Waals surface area contributed by atoms with Crippen molar-refractivity contribution in [1.82, 2.24) is 4.90 Å². The lowest BCUT2D eigenvalue weighted by atomic mass is 10.1. The van der Waals surface area contributed by atoms with Crippen LogP contribution < -0.4 is 4.74 Å². The van der Waals surface area contributed by atoms with Gasteiger partial charge in [-0.2, -0.15) is 0 Å². The number of ether oxygens (including phenoxy) is 1. The van der Waals surface area contributed by atoms with Crippen molar-refractivity contribution in [2.24, 2.45) is 0 Å². The van der Waals surface area contributed by atoms with E-state index in [0.717, 1.165) is 24.3 Å². The highest BCUT2D eigenvalue weighted by molar-refractivity contribution is 8.26. The number of thiocarbonyl (C=S) groups is 1. The second-order valence-electron chi connectivity index (χ2n) is 7.02. The van der Waals surface area contributed by atoms with E-state index in [9.17, 15) is 9.59 Å². The molecule has 0 radical (unpaired) electrons. The largest absolute Gasteiger partial charge is 0.494 e. The molecule has 0 spiro atoms. The molecule has 1 fully saturated rings. The summed E-state index contributed by atoms with van der Waals surface area (Å²) in [6.45, 7) is 3.27. The summed E-state index contributed by atoms with van der Waals surface area (Å²) in [5.74, 6) is -0.199. The third kappa shape index (κ3) is 8.19. The van der Waals surface area contributed by atoms with Crippen LogP contribution in [0.4, 0.5) is 0 Å². The average molecular weight is 436 g/mol. The molecule has 1 saturated heterocycles. The molecule has 29 heavy (non-hydrogen) atoms. The molecule has 0 unspecified atom stereocenters. The molecule has 1 amide bonds. The Bertz CT molecular complexity index is 731. The Morgan fingerprint density at radius 3 is 2.52 bits per heavy atom. The lowest BCUT2D eigenvalue weighted by Gasteiger charge is -2.13. The Balaban J connectivity index is 1.80. The number of hydrogen-bond donors (Lipinski definition) is 1. The van der Waals surface area contributed by atoms with Gasteiger partial charge in [-0.05, 0) is 36.6 Å². The Hall–Kier alpha value is -1.86. The molecule has 1 N–H and O–H groups in total. The summed E-state index contributed by atoms with van der Waals surface area (Å²) < 4.78 is 6.26. The highest BCUT2D eigenvalue weighted by Crippen LogP contribution is 2.33. The maximum Gasteiger partial charge on any atom is 0.303 e. The van der Waals surface area contributed by atoms with Crippen molar-refractivity contribution in [1.29, 1.82) is 0 Å². The smallest absolute Gasteiger partial charge is 0.303 e. The van der Waals surface area contributed by atoms with Gasteiger partial charge in [-0.3, -0.25) is 14.5 Å². The number of carbonyl (C=O) groups excluding carboxylic acids is 1. The van der Waals surface area contributed by atoms with Crippen molar-refractivity contribution in [3.05, 3.63) is 34.7 Å². The fraction of sp³-hybridized carbons (Fsp3) is 0.500. The van der Waals surface area contributed by atoms with E-state index in [1.165, 1.54) is 48.8 Å². The molecule has 0 aromatic heterocycles. The highest BCUT2D eigenvalue weighted by atomic mass is 32.2. The lowest BCUT2D eigenvalue weighted by molar-refractivity contribution is -0.137. The second kappa shape index (κ2) is 12.6. The zero-order valence-electron chi connectivity index (χ0n) is 16.9. The van der Waals surface area contributed by atoms with Crippen molar-refractivity contribution >= 4 is 46.3 Å². The van der Waals surface area contributed by atoms with Gasteiger partial charge in [0.05, 0.1) is 11.5 Å². The number of nitrogens with zero attached hydrogens (tertiary/aromatic N) is 1. The van der Waals surface area contributed by atoms with E-state index in [4.69, 9.17) is 22.1 Å². The van der Waals surface area contributed by atoms with Crippen LogP contribution in [0.15, 0.2) is 29.2 Å². The maximum absolute atomic E-state index is 12.5. The molecule has 0 saturated carbocycles. The van der Waals surface area contributed by atoms with E-state index >= 15 is 0 Å². The first kappa shape index (κ1) is 23.4. The SMILES string of the molecule is CCCCCCCCOc1ccc(/C=C2/SC(=S)N(CCCC(=O)O)C2=O)cc1. The van der Waals surface area contributed by atoms with Crippen molar-refractivity contribution in [3.8, 4) is 5.75 Å². The van der Waals surface area contributed by atoms with E-state index < -0.39 is 5.97 Å². The molecule has 2 rings (SSSR count). The molecule has 0 bridgehead atoms. The first-order chi connectivity index (χ1) is 14.0. The van der Waals surface area contributed by atoms with Crippen LogP contribution in [-0.2, 0) is 9.59 Å². The van der Waals surface area contributed by atoms with Gasteiger partial charge in [0.1, 0.15) is 10.1 Å². The number of rotatable bonds is 13. The topological polar surface area (TPSA) is 66.8 Å². The van der Waals surface area contributed by atoms with Gasteiger partial charge in [0.2, 0.25) is 0 Å². The van der Waals surface area contributed by atoms with Crippen molar-refractivity contribution in [2.75, 3.05) is 13.2 Å². The summed E-state index contributed by atoms with van der Waals surface area (Å²) in [5, 5.41) is 8.74. The Morgan fingerprint density at radius 2 is 1.83 bits per heavy atom. The predicted molar refractivity (Wildman–Crippen MR) is 122 cm³/mol. The predicted octanol–water partition coefficient (Wildman–Crippen LogP) is 5.49. The summed E-state index contributed by atoms with van der Waals surface area (Å²) in [4.78, 5) is 25.2. The lowest BCUT2D eigenvalue weighted by Crippen LogP contribution is -2.29. The molecule has 1 aromatic rings. The van der Waals surface area contributed by atoms with Gasteiger partial charge >= 0.3 is 5.97 Å². The minimum atomic E-state index is -0.871. The maximum atomic E-state index is 12.5. The Labute approximate surface area is 182 Å². The van der Waals surface area contributed by atoms with Crippen LogP contribution in [0.25, 0.3) is 6.08 Å². The first-order valence-electron chi connectivity index (χ1n) is 10.2. The van der Waals surface area contributed by atoms with Crippen LogP contribution in [0.2, 0.25) is 0 Å². The van der Waals surface area contributed by atoms with E-state index in [1.54, 1.807) is 0 Å². The number of benzene rings is 1. The second-order valence-corrected chi connectivity index (χ2v) is 8.69. The van der Waals surface area contributed by atoms with E-state index in [-0.39, 0.29) is 12.3 Å². The minimum absolute atomic E-state index is 0.0241. The minimum Gasteiger partial charge on any atom is -0.494 e. The van der Waals surface area contributed by atoms with Crippen LogP contribution in [-0.4, -0.2) is 39.4 Å². The van der Waals surface area contributed by atoms with Gasteiger partial charge in [-0.25, -0.2) is 0 Å². The van der Waals surface area contributed by atoms with E-state index in [1.807, 2.05) is 30.3 Å². The summed E-state index contributed by atoms with van der Waals surface area (Å²) in [6.07, 6.45) is 9.63. The summed E-state index contributed by atoms with van der Waals surface area (Å²) in [7, 11) is 0. The van der Waals surface area contributed by atoms with Gasteiger partial charge < -0.3 is 9.84 Å². The number of hydrogen-bond acceptors (Lipinski definition) is 5. The third-order valence-corrected chi connectivity index (χ3v) is 5.97. The van der Waals surface area contributed by atoms with Gasteiger partial charge in [0.15, 0.2) is 0 Å². The van der Waals surface area contributed by atoms with Crippen LogP contribution >= 0.6 is 24.0 Å². The van der Waals surface area contributed by atoms with E-state index in [2.05, 4.69) is 6.92 Å². The third-order valence-electron chi connectivity index (χ3n) is 4.59. The van der Waals surface area contributed by atoms with Crippen LogP contribution in [0.1, 0.15) is 63.9 Å². The molecule has 1 heterocycles. The molecule has 1 aliphatic heterocycles. The van der Waals surface area contributed by atoms with Crippen molar-refractivity contribution in [3.63, 3.8) is 0 Å². The van der Waals surface area contributed by atoms with Gasteiger partial charge in [-0.15, -0.1) is 0 Å². The number of carbonyl (C=O) groups is 2. The number of carboxylic acids is 1. The molecule has 0 aliphatic carbocycles. The number of amides is 1. The van der Waals surface area contributed by atoms with E-state index in [0.29, 0.717) is 22.2 Å². The van der Waals surface area contributed by atoms with Gasteiger partial charge in [-0.1, -0.05) is 75.1 Å². The number of carboxylic acid groups (broad SMARTS) is 1. The molecule has 1 aromatic carbocycles. The normalized spacial score (nSPS) is 15.3. The monoisotopic (exact) mass is 435 g/mol. The zero-order chi connectivity index (χ0) is 21.1. The fourth-order valence-corrected chi connectivity index (χ4v) is 4.27. The summed E-state index contributed by atoms with van der Waals surface area (Å²) >= 11 is 6.52. The quantitative estimate of drug-likeness (QED) is 0.251. The molecule has 5 nitrogen and oxygen atoms in total. The molecular formula is C22H29NO4S2. The summed E-state index contributed by atoms with van der Waals surface area (Å²) in [5.41, 5.74) is 0.906. The molecule has 1 aliphatic rings. The highest BCUT2D eigenvalue weighted by Gasteiger charge is 2.31.